The van der Waals surface area contributed by atoms with Crippen molar-refractivity contribution in [1.82, 2.24) is 9.55 Å². The van der Waals surface area contributed by atoms with Crippen LogP contribution in [-0.4, -0.2) is 9.55 Å². The molecule has 3 rings (SSSR count). The summed E-state index contributed by atoms with van der Waals surface area (Å²) < 4.78 is 3.47. The summed E-state index contributed by atoms with van der Waals surface area (Å²) in [7, 11) is 0. The number of halogens is 1. The number of hydrogen-bond acceptors (Lipinski definition) is 1. The highest BCUT2D eigenvalue weighted by Gasteiger charge is 2.23. The van der Waals surface area contributed by atoms with Crippen molar-refractivity contribution in [3.05, 3.63) is 40.8 Å². The van der Waals surface area contributed by atoms with E-state index in [-0.39, 0.29) is 0 Å². The van der Waals surface area contributed by atoms with Crippen LogP contribution in [-0.2, 0) is 6.42 Å². The minimum absolute atomic E-state index is 0.554. The van der Waals surface area contributed by atoms with E-state index in [1.165, 1.54) is 24.2 Å². The molecule has 0 bridgehead atoms. The molecule has 0 radical (unpaired) electrons. The molecule has 0 N–H and O–H groups in total. The monoisotopic (exact) mass is 290 g/mol. The lowest BCUT2D eigenvalue weighted by atomic mass is 10.1. The fraction of sp³-hybridized carbons (Fsp3) is 0.357. The van der Waals surface area contributed by atoms with Gasteiger partial charge in [-0.1, -0.05) is 30.3 Å². The topological polar surface area (TPSA) is 17.8 Å². The van der Waals surface area contributed by atoms with Crippen LogP contribution >= 0.6 is 15.9 Å². The summed E-state index contributed by atoms with van der Waals surface area (Å²) >= 11 is 3.71. The second-order valence-corrected chi connectivity index (χ2v) is 5.40. The number of aryl methyl sites for hydroxylation is 1. The van der Waals surface area contributed by atoms with Crippen molar-refractivity contribution in [3.63, 3.8) is 0 Å². The molecule has 88 valence electrons. The number of nitrogens with zero attached hydrogens (tertiary/aromatic N) is 2. The highest BCUT2D eigenvalue weighted by Crippen LogP contribution is 2.35. The first-order valence-electron chi connectivity index (χ1n) is 6.09. The van der Waals surface area contributed by atoms with Gasteiger partial charge in [0.05, 0.1) is 0 Å². The van der Waals surface area contributed by atoms with E-state index in [0.717, 1.165) is 16.7 Å². The van der Waals surface area contributed by atoms with E-state index in [1.54, 1.807) is 0 Å². The third-order valence-electron chi connectivity index (χ3n) is 3.44. The molecule has 0 saturated heterocycles. The second-order valence-electron chi connectivity index (χ2n) is 4.64. The second kappa shape index (κ2) is 4.30. The molecule has 0 fully saturated rings. The molecule has 0 spiro atoms. The van der Waals surface area contributed by atoms with Crippen molar-refractivity contribution in [3.8, 4) is 11.3 Å². The lowest BCUT2D eigenvalue weighted by Gasteiger charge is -2.22. The molecule has 2 aromatic rings. The summed E-state index contributed by atoms with van der Waals surface area (Å²) in [5.74, 6) is 1.22. The Bertz CT molecular complexity index is 531. The molecule has 1 unspecified atom stereocenters. The zero-order valence-electron chi connectivity index (χ0n) is 9.86. The molecule has 1 aliphatic rings. The van der Waals surface area contributed by atoms with Crippen LogP contribution in [0.25, 0.3) is 11.3 Å². The van der Waals surface area contributed by atoms with E-state index in [2.05, 4.69) is 51.7 Å². The largest absolute Gasteiger partial charge is 0.319 e. The average Bonchev–Trinajstić information content (AvgIpc) is 2.69. The van der Waals surface area contributed by atoms with Crippen LogP contribution in [0, 0.1) is 0 Å². The van der Waals surface area contributed by atoms with Gasteiger partial charge in [-0.3, -0.25) is 0 Å². The lowest BCUT2D eigenvalue weighted by Crippen LogP contribution is -2.15. The van der Waals surface area contributed by atoms with Crippen LogP contribution in [0.15, 0.2) is 34.9 Å². The van der Waals surface area contributed by atoms with Crippen molar-refractivity contribution in [2.75, 3.05) is 0 Å². The Balaban J connectivity index is 2.14. The Morgan fingerprint density at radius 3 is 2.76 bits per heavy atom. The minimum Gasteiger partial charge on any atom is -0.319 e. The standard InChI is InChI=1S/C14H15BrN2/c1-10-6-5-9-12-16-13(14(15)17(10)12)11-7-3-2-4-8-11/h2-4,7-8,10H,5-6,9H2,1H3. The van der Waals surface area contributed by atoms with E-state index >= 15 is 0 Å². The zero-order valence-corrected chi connectivity index (χ0v) is 11.4. The molecular formula is C14H15BrN2. The van der Waals surface area contributed by atoms with Crippen molar-refractivity contribution in [1.29, 1.82) is 0 Å². The van der Waals surface area contributed by atoms with Crippen molar-refractivity contribution in [2.45, 2.75) is 32.2 Å². The Hall–Kier alpha value is -1.09. The van der Waals surface area contributed by atoms with Crippen LogP contribution in [0.2, 0.25) is 0 Å². The highest BCUT2D eigenvalue weighted by atomic mass is 79.9. The number of benzene rings is 1. The van der Waals surface area contributed by atoms with Gasteiger partial charge >= 0.3 is 0 Å². The maximum Gasteiger partial charge on any atom is 0.113 e. The normalized spacial score (nSPS) is 19.1. The molecule has 1 atom stereocenters. The fourth-order valence-corrected chi connectivity index (χ4v) is 3.42. The van der Waals surface area contributed by atoms with E-state index in [4.69, 9.17) is 4.98 Å². The maximum absolute atomic E-state index is 4.79. The van der Waals surface area contributed by atoms with Gasteiger partial charge in [0.1, 0.15) is 16.1 Å². The van der Waals surface area contributed by atoms with Gasteiger partial charge in [0.2, 0.25) is 0 Å². The van der Waals surface area contributed by atoms with Gasteiger partial charge in [-0.15, -0.1) is 0 Å². The summed E-state index contributed by atoms with van der Waals surface area (Å²) in [4.78, 5) is 4.79. The Kier molecular flexibility index (Phi) is 2.79. The zero-order chi connectivity index (χ0) is 11.8. The average molecular weight is 291 g/mol. The van der Waals surface area contributed by atoms with Gasteiger partial charge in [-0.25, -0.2) is 4.98 Å². The Labute approximate surface area is 110 Å². The van der Waals surface area contributed by atoms with Gasteiger partial charge in [0.25, 0.3) is 0 Å². The summed E-state index contributed by atoms with van der Waals surface area (Å²) in [6.45, 7) is 2.27. The van der Waals surface area contributed by atoms with E-state index in [0.29, 0.717) is 6.04 Å². The molecule has 1 aromatic heterocycles. The van der Waals surface area contributed by atoms with Crippen LogP contribution in [0.3, 0.4) is 0 Å². The fourth-order valence-electron chi connectivity index (χ4n) is 2.55. The van der Waals surface area contributed by atoms with Gasteiger partial charge in [0.15, 0.2) is 0 Å². The molecule has 0 amide bonds. The molecule has 1 aromatic carbocycles. The van der Waals surface area contributed by atoms with Gasteiger partial charge in [0, 0.05) is 18.0 Å². The quantitative estimate of drug-likeness (QED) is 0.769. The molecule has 3 heteroatoms. The molecule has 1 aliphatic heterocycles. The smallest absolute Gasteiger partial charge is 0.113 e. The van der Waals surface area contributed by atoms with Crippen molar-refractivity contribution < 1.29 is 0 Å². The summed E-state index contributed by atoms with van der Waals surface area (Å²) in [5.41, 5.74) is 2.27. The SMILES string of the molecule is CC1CCCc2nc(-c3ccccc3)c(Br)n21. The van der Waals surface area contributed by atoms with Crippen LogP contribution in [0.1, 0.15) is 31.6 Å². The number of fused-ring (bicyclic) bond motifs is 1. The first-order valence-corrected chi connectivity index (χ1v) is 6.88. The summed E-state index contributed by atoms with van der Waals surface area (Å²) in [5, 5.41) is 0. The van der Waals surface area contributed by atoms with Crippen LogP contribution in [0.4, 0.5) is 0 Å². The molecule has 2 heterocycles. The molecule has 0 saturated carbocycles. The van der Waals surface area contributed by atoms with Crippen LogP contribution < -0.4 is 0 Å². The minimum atomic E-state index is 0.554. The predicted octanol–water partition coefficient (Wildman–Crippen LogP) is 4.21. The number of hydrogen-bond donors (Lipinski definition) is 0. The summed E-state index contributed by atoms with van der Waals surface area (Å²) in [6.07, 6.45) is 3.59. The first-order chi connectivity index (χ1) is 8.27. The predicted molar refractivity (Wildman–Crippen MR) is 73.0 cm³/mol. The number of aromatic nitrogens is 2. The van der Waals surface area contributed by atoms with Crippen LogP contribution in [0.5, 0.6) is 0 Å². The number of rotatable bonds is 1. The first kappa shape index (κ1) is 11.0. The maximum atomic E-state index is 4.79. The molecular weight excluding hydrogens is 276 g/mol. The molecule has 17 heavy (non-hydrogen) atoms. The van der Waals surface area contributed by atoms with E-state index < -0.39 is 0 Å². The van der Waals surface area contributed by atoms with Gasteiger partial charge in [-0.2, -0.15) is 0 Å². The lowest BCUT2D eigenvalue weighted by molar-refractivity contribution is 0.420. The van der Waals surface area contributed by atoms with Gasteiger partial charge in [-0.05, 0) is 35.7 Å². The third kappa shape index (κ3) is 1.82. The van der Waals surface area contributed by atoms with E-state index in [9.17, 15) is 0 Å². The summed E-state index contributed by atoms with van der Waals surface area (Å²) in [6, 6.07) is 10.9. The molecule has 0 aliphatic carbocycles. The van der Waals surface area contributed by atoms with Crippen molar-refractivity contribution in [2.24, 2.45) is 0 Å². The number of imidazole rings is 1. The van der Waals surface area contributed by atoms with E-state index in [1.807, 2.05) is 6.07 Å². The Morgan fingerprint density at radius 2 is 2.06 bits per heavy atom. The third-order valence-corrected chi connectivity index (χ3v) is 4.19. The van der Waals surface area contributed by atoms with Gasteiger partial charge < -0.3 is 4.57 Å². The van der Waals surface area contributed by atoms with Crippen molar-refractivity contribution >= 4 is 15.9 Å². The Morgan fingerprint density at radius 1 is 1.29 bits per heavy atom. The highest BCUT2D eigenvalue weighted by molar-refractivity contribution is 9.10. The molecule has 2 nitrogen and oxygen atoms in total.